The molecule has 45 heavy (non-hydrogen) atoms. The van der Waals surface area contributed by atoms with Gasteiger partial charge in [-0.2, -0.15) is 0 Å². The Morgan fingerprint density at radius 3 is 2.04 bits per heavy atom. The topological polar surface area (TPSA) is 216 Å². The summed E-state index contributed by atoms with van der Waals surface area (Å²) in [5.41, 5.74) is 0.438. The van der Waals surface area contributed by atoms with Gasteiger partial charge in [-0.05, 0) is 24.6 Å². The first-order chi connectivity index (χ1) is 21.5. The zero-order valence-corrected chi connectivity index (χ0v) is 24.8. The van der Waals surface area contributed by atoms with Crippen molar-refractivity contribution in [3.63, 3.8) is 0 Å². The molecule has 2 aliphatic rings. The standard InChI is InChI=1S/C30H36O15/c1-12-20(31)23(34)25(36)29(43-12)42-11-18-22(33)24(35)26(37)30(45-18)44-17-9-16-19(28(40-4)27(17)39-3)21(32)15(10-41-16)13-5-7-14(38-2)8-6-13/h5-10,12,18,20,22-26,29-31,33-37H,11H2,1-4H3/t12?,18-,20-,22-,23-,24?,25?,26+,29+,30-/m0/s1. The molecule has 3 aromatic rings. The molecule has 1 aromatic heterocycles. The fourth-order valence-electron chi connectivity index (χ4n) is 5.28. The lowest BCUT2D eigenvalue weighted by atomic mass is 9.98. The van der Waals surface area contributed by atoms with E-state index < -0.39 is 73.4 Å². The number of methoxy groups -OCH3 is 3. The Morgan fingerprint density at radius 1 is 0.756 bits per heavy atom. The molecule has 15 nitrogen and oxygen atoms in total. The zero-order valence-electron chi connectivity index (χ0n) is 24.8. The van der Waals surface area contributed by atoms with Crippen LogP contribution in [0.3, 0.4) is 0 Å². The number of fused-ring (bicyclic) bond motifs is 1. The van der Waals surface area contributed by atoms with Crippen LogP contribution in [0.4, 0.5) is 0 Å². The summed E-state index contributed by atoms with van der Waals surface area (Å²) in [5.74, 6) is 0.440. The molecule has 0 bridgehead atoms. The Hall–Kier alpha value is -3.51. The third kappa shape index (κ3) is 6.18. The molecule has 3 heterocycles. The van der Waals surface area contributed by atoms with E-state index in [0.29, 0.717) is 11.3 Å². The normalized spacial score (nSPS) is 31.9. The Bertz CT molecular complexity index is 1520. The molecule has 0 radical (unpaired) electrons. The van der Waals surface area contributed by atoms with Gasteiger partial charge in [0, 0.05) is 6.07 Å². The minimum Gasteiger partial charge on any atom is -0.497 e. The van der Waals surface area contributed by atoms with Crippen molar-refractivity contribution < 1.29 is 68.2 Å². The van der Waals surface area contributed by atoms with Gasteiger partial charge < -0.3 is 68.2 Å². The molecular weight excluding hydrogens is 600 g/mol. The highest BCUT2D eigenvalue weighted by molar-refractivity contribution is 5.91. The van der Waals surface area contributed by atoms with Crippen LogP contribution in [0.15, 0.2) is 45.8 Å². The summed E-state index contributed by atoms with van der Waals surface area (Å²) in [6.45, 7) is 0.989. The lowest BCUT2D eigenvalue weighted by molar-refractivity contribution is -0.318. The average molecular weight is 637 g/mol. The van der Waals surface area contributed by atoms with E-state index in [4.69, 9.17) is 37.6 Å². The van der Waals surface area contributed by atoms with Gasteiger partial charge >= 0.3 is 0 Å². The van der Waals surface area contributed by atoms with Gasteiger partial charge in [0.1, 0.15) is 65.7 Å². The molecule has 6 N–H and O–H groups in total. The van der Waals surface area contributed by atoms with Crippen LogP contribution >= 0.6 is 0 Å². The van der Waals surface area contributed by atoms with Gasteiger partial charge in [0.2, 0.25) is 17.5 Å². The van der Waals surface area contributed by atoms with Crippen LogP contribution in [0.2, 0.25) is 0 Å². The summed E-state index contributed by atoms with van der Waals surface area (Å²) in [7, 11) is 4.15. The second-order valence-electron chi connectivity index (χ2n) is 10.7. The van der Waals surface area contributed by atoms with Gasteiger partial charge in [-0.15, -0.1) is 0 Å². The molecule has 0 amide bonds. The zero-order chi connectivity index (χ0) is 32.6. The van der Waals surface area contributed by atoms with E-state index in [1.807, 2.05) is 0 Å². The number of aliphatic hydroxyl groups excluding tert-OH is 6. The van der Waals surface area contributed by atoms with Crippen LogP contribution < -0.4 is 24.4 Å². The molecule has 5 rings (SSSR count). The van der Waals surface area contributed by atoms with Crippen molar-refractivity contribution in [2.75, 3.05) is 27.9 Å². The fraction of sp³-hybridized carbons (Fsp3) is 0.500. The van der Waals surface area contributed by atoms with Gasteiger partial charge in [0.05, 0.1) is 39.6 Å². The summed E-state index contributed by atoms with van der Waals surface area (Å²) in [6.07, 6.45) is -13.6. The summed E-state index contributed by atoms with van der Waals surface area (Å²) in [6, 6.07) is 8.13. The highest BCUT2D eigenvalue weighted by Gasteiger charge is 2.47. The first kappa shape index (κ1) is 32.9. The van der Waals surface area contributed by atoms with E-state index in [0.717, 1.165) is 0 Å². The van der Waals surface area contributed by atoms with E-state index in [-0.39, 0.29) is 33.8 Å². The maximum atomic E-state index is 13.6. The number of hydrogen-bond acceptors (Lipinski definition) is 15. The molecule has 3 unspecified atom stereocenters. The van der Waals surface area contributed by atoms with Crippen LogP contribution in [0, 0.1) is 0 Å². The highest BCUT2D eigenvalue weighted by atomic mass is 16.7. The number of hydrogen-bond donors (Lipinski definition) is 6. The Labute approximate surface area is 256 Å². The van der Waals surface area contributed by atoms with Gasteiger partial charge in [0.15, 0.2) is 17.8 Å². The third-order valence-electron chi connectivity index (χ3n) is 7.90. The number of aliphatic hydroxyl groups is 6. The van der Waals surface area contributed by atoms with Crippen molar-refractivity contribution in [1.82, 2.24) is 0 Å². The smallest absolute Gasteiger partial charge is 0.229 e. The summed E-state index contributed by atoms with van der Waals surface area (Å²) < 4.78 is 44.6. The van der Waals surface area contributed by atoms with E-state index in [2.05, 4.69) is 0 Å². The molecule has 15 heteroatoms. The van der Waals surface area contributed by atoms with Crippen LogP contribution in [-0.4, -0.2) is 120 Å². The quantitative estimate of drug-likeness (QED) is 0.175. The molecule has 0 saturated carbocycles. The molecule has 2 aliphatic heterocycles. The molecule has 0 spiro atoms. The van der Waals surface area contributed by atoms with Crippen molar-refractivity contribution >= 4 is 11.0 Å². The van der Waals surface area contributed by atoms with Crippen molar-refractivity contribution in [3.05, 3.63) is 46.8 Å². The first-order valence-electron chi connectivity index (χ1n) is 14.0. The highest BCUT2D eigenvalue weighted by Crippen LogP contribution is 2.44. The van der Waals surface area contributed by atoms with Crippen LogP contribution in [0.1, 0.15) is 6.92 Å². The molecule has 2 fully saturated rings. The van der Waals surface area contributed by atoms with Crippen molar-refractivity contribution in [1.29, 1.82) is 0 Å². The van der Waals surface area contributed by atoms with E-state index in [1.165, 1.54) is 40.6 Å². The molecule has 10 atom stereocenters. The Balaban J connectivity index is 1.42. The van der Waals surface area contributed by atoms with Crippen LogP contribution in [-0.2, 0) is 14.2 Å². The van der Waals surface area contributed by atoms with E-state index in [9.17, 15) is 35.4 Å². The average Bonchev–Trinajstić information content (AvgIpc) is 3.05. The summed E-state index contributed by atoms with van der Waals surface area (Å²) in [4.78, 5) is 13.6. The monoisotopic (exact) mass is 636 g/mol. The molecule has 0 aliphatic carbocycles. The lowest BCUT2D eigenvalue weighted by Gasteiger charge is -2.42. The van der Waals surface area contributed by atoms with Gasteiger partial charge in [0.25, 0.3) is 0 Å². The molecule has 246 valence electrons. The van der Waals surface area contributed by atoms with Gasteiger partial charge in [-0.25, -0.2) is 0 Å². The second kappa shape index (κ2) is 13.5. The SMILES string of the molecule is COc1ccc(-c2coc3cc(O[C@H]4O[C@@H](CO[C@@H]5OC(C)[C@H](O)[C@H](O)C5O)[C@H](O)C(O)[C@H]4O)c(OC)c(OC)c3c2=O)cc1. The Morgan fingerprint density at radius 2 is 1.40 bits per heavy atom. The molecule has 2 saturated heterocycles. The maximum Gasteiger partial charge on any atom is 0.229 e. The van der Waals surface area contributed by atoms with Crippen LogP contribution in [0.25, 0.3) is 22.1 Å². The number of benzene rings is 2. The predicted octanol–water partition coefficient (Wildman–Crippen LogP) is -0.484. The molecule has 2 aromatic carbocycles. The Kier molecular flexibility index (Phi) is 9.83. The largest absolute Gasteiger partial charge is 0.497 e. The predicted molar refractivity (Wildman–Crippen MR) is 153 cm³/mol. The third-order valence-corrected chi connectivity index (χ3v) is 7.90. The maximum absolute atomic E-state index is 13.6. The minimum atomic E-state index is -1.76. The van der Waals surface area contributed by atoms with Gasteiger partial charge in [-0.1, -0.05) is 12.1 Å². The van der Waals surface area contributed by atoms with E-state index >= 15 is 0 Å². The molecular formula is C30H36O15. The second-order valence-corrected chi connectivity index (χ2v) is 10.7. The van der Waals surface area contributed by atoms with E-state index in [1.54, 1.807) is 24.3 Å². The summed E-state index contributed by atoms with van der Waals surface area (Å²) in [5, 5.41) is 62.1. The van der Waals surface area contributed by atoms with Crippen molar-refractivity contribution in [2.45, 2.75) is 68.3 Å². The number of rotatable bonds is 9. The minimum absolute atomic E-state index is 0.0295. The first-order valence-corrected chi connectivity index (χ1v) is 14.0. The van der Waals surface area contributed by atoms with Crippen molar-refractivity contribution in [2.24, 2.45) is 0 Å². The van der Waals surface area contributed by atoms with Crippen molar-refractivity contribution in [3.8, 4) is 34.1 Å². The summed E-state index contributed by atoms with van der Waals surface area (Å²) >= 11 is 0. The lowest BCUT2D eigenvalue weighted by Crippen LogP contribution is -2.61. The van der Waals surface area contributed by atoms with Crippen LogP contribution in [0.5, 0.6) is 23.0 Å². The van der Waals surface area contributed by atoms with Gasteiger partial charge in [-0.3, -0.25) is 4.79 Å². The fourth-order valence-corrected chi connectivity index (χ4v) is 5.28. The number of ether oxygens (including phenoxy) is 7.